The summed E-state index contributed by atoms with van der Waals surface area (Å²) in [7, 11) is 9.17. The lowest BCUT2D eigenvalue weighted by atomic mass is 9.64. The molecule has 0 saturated heterocycles. The third kappa shape index (κ3) is 6.25. The Hall–Kier alpha value is -7.42. The van der Waals surface area contributed by atoms with Crippen molar-refractivity contribution in [2.24, 2.45) is 0 Å². The molecule has 1 aromatic heterocycles. The molecule has 0 N–H and O–H groups in total. The Morgan fingerprint density at radius 3 is 1.68 bits per heavy atom. The van der Waals surface area contributed by atoms with Gasteiger partial charge in [0.15, 0.2) is 0 Å². The summed E-state index contributed by atoms with van der Waals surface area (Å²) in [5.41, 5.74) is 20.1. The Bertz CT molecular complexity index is 3470. The van der Waals surface area contributed by atoms with Crippen molar-refractivity contribution in [3.05, 3.63) is 200 Å². The van der Waals surface area contributed by atoms with Crippen molar-refractivity contribution in [3.8, 4) is 44.5 Å². The first-order valence-corrected chi connectivity index (χ1v) is 21.5. The summed E-state index contributed by atoms with van der Waals surface area (Å²) in [6.07, 6.45) is 0. The van der Waals surface area contributed by atoms with Crippen molar-refractivity contribution < 1.29 is 4.42 Å². The molecular formula is C56H41B4NO. The Kier molecular flexibility index (Phi) is 9.24. The first-order valence-electron chi connectivity index (χ1n) is 21.5. The van der Waals surface area contributed by atoms with Gasteiger partial charge in [0.25, 0.3) is 0 Å². The number of rotatable bonds is 7. The second-order valence-electron chi connectivity index (χ2n) is 16.6. The fourth-order valence-corrected chi connectivity index (χ4v) is 9.80. The largest absolute Gasteiger partial charge is 0.455 e. The van der Waals surface area contributed by atoms with Gasteiger partial charge in [0.1, 0.15) is 42.6 Å². The zero-order valence-corrected chi connectivity index (χ0v) is 35.4. The lowest BCUT2D eigenvalue weighted by Gasteiger charge is -2.33. The summed E-state index contributed by atoms with van der Waals surface area (Å²) >= 11 is 0. The lowest BCUT2D eigenvalue weighted by molar-refractivity contribution is 0.673. The van der Waals surface area contributed by atoms with Gasteiger partial charge in [-0.3, -0.25) is 0 Å². The highest BCUT2D eigenvalue weighted by molar-refractivity contribution is 6.63. The van der Waals surface area contributed by atoms with Crippen LogP contribution in [0.5, 0.6) is 0 Å². The molecular weight excluding hydrogens is 746 g/mol. The molecule has 0 fully saturated rings. The topological polar surface area (TPSA) is 16.4 Å². The van der Waals surface area contributed by atoms with E-state index < -0.39 is 0 Å². The van der Waals surface area contributed by atoms with Crippen molar-refractivity contribution >= 4 is 114 Å². The maximum absolute atomic E-state index is 6.59. The minimum Gasteiger partial charge on any atom is -0.455 e. The van der Waals surface area contributed by atoms with Crippen LogP contribution in [0.3, 0.4) is 0 Å². The monoisotopic (exact) mass is 787 g/mol. The summed E-state index contributed by atoms with van der Waals surface area (Å²) in [4.78, 5) is 2.48. The van der Waals surface area contributed by atoms with Gasteiger partial charge < -0.3 is 9.32 Å². The maximum Gasteiger partial charge on any atom is 0.143 e. The van der Waals surface area contributed by atoms with Crippen molar-refractivity contribution in [2.45, 2.75) is 0 Å². The van der Waals surface area contributed by atoms with E-state index in [4.69, 9.17) is 4.42 Å². The maximum atomic E-state index is 6.59. The molecule has 0 saturated carbocycles. The van der Waals surface area contributed by atoms with Gasteiger partial charge in [-0.15, -0.1) is 0 Å². The highest BCUT2D eigenvalue weighted by Crippen LogP contribution is 2.42. The minimum absolute atomic E-state index is 0.900. The van der Waals surface area contributed by atoms with Gasteiger partial charge in [-0.2, -0.15) is 0 Å². The fourth-order valence-electron chi connectivity index (χ4n) is 9.80. The van der Waals surface area contributed by atoms with Crippen LogP contribution in [-0.4, -0.2) is 31.4 Å². The van der Waals surface area contributed by atoms with Crippen LogP contribution >= 0.6 is 0 Å². The highest BCUT2D eigenvalue weighted by Gasteiger charge is 2.23. The number of benzene rings is 10. The Labute approximate surface area is 366 Å². The number of nitrogens with zero attached hydrogens (tertiary/aromatic N) is 1. The Morgan fingerprint density at radius 1 is 0.355 bits per heavy atom. The molecule has 62 heavy (non-hydrogen) atoms. The average molecular weight is 787 g/mol. The predicted octanol–water partition coefficient (Wildman–Crippen LogP) is 9.06. The van der Waals surface area contributed by atoms with Gasteiger partial charge in [0.05, 0.1) is 0 Å². The third-order valence-corrected chi connectivity index (χ3v) is 13.1. The van der Waals surface area contributed by atoms with Crippen molar-refractivity contribution in [1.82, 2.24) is 0 Å². The molecule has 0 aliphatic heterocycles. The third-order valence-electron chi connectivity index (χ3n) is 13.1. The molecule has 11 rings (SSSR count). The van der Waals surface area contributed by atoms with Crippen LogP contribution in [-0.2, 0) is 0 Å². The fraction of sp³-hybridized carbons (Fsp3) is 0. The van der Waals surface area contributed by atoms with Gasteiger partial charge >= 0.3 is 0 Å². The summed E-state index contributed by atoms with van der Waals surface area (Å²) in [6.45, 7) is 0. The molecule has 2 nitrogen and oxygen atoms in total. The van der Waals surface area contributed by atoms with E-state index in [1.807, 2.05) is 0 Å². The van der Waals surface area contributed by atoms with Gasteiger partial charge in [0.2, 0.25) is 0 Å². The van der Waals surface area contributed by atoms with Gasteiger partial charge in [-0.25, -0.2) is 0 Å². The molecule has 0 bridgehead atoms. The van der Waals surface area contributed by atoms with Crippen LogP contribution < -0.4 is 26.8 Å². The van der Waals surface area contributed by atoms with Crippen LogP contribution in [0.15, 0.2) is 205 Å². The van der Waals surface area contributed by atoms with Crippen molar-refractivity contribution in [3.63, 3.8) is 0 Å². The smallest absolute Gasteiger partial charge is 0.143 e. The van der Waals surface area contributed by atoms with E-state index >= 15 is 0 Å². The molecule has 0 atom stereocenters. The predicted molar refractivity (Wildman–Crippen MR) is 278 cm³/mol. The van der Waals surface area contributed by atoms with E-state index in [2.05, 4.69) is 236 Å². The molecule has 288 valence electrons. The van der Waals surface area contributed by atoms with E-state index in [0.29, 0.717) is 0 Å². The highest BCUT2D eigenvalue weighted by atomic mass is 16.3. The number of fused-ring (bicyclic) bond motifs is 6. The number of hydrogen-bond donors (Lipinski definition) is 0. The van der Waals surface area contributed by atoms with E-state index in [9.17, 15) is 0 Å². The van der Waals surface area contributed by atoms with Crippen LogP contribution in [0.2, 0.25) is 0 Å². The van der Waals surface area contributed by atoms with Crippen LogP contribution in [0.25, 0.3) is 88.0 Å². The summed E-state index contributed by atoms with van der Waals surface area (Å²) in [5.74, 6) is 0. The van der Waals surface area contributed by atoms with E-state index in [1.165, 1.54) is 77.1 Å². The molecule has 0 aliphatic carbocycles. The van der Waals surface area contributed by atoms with E-state index in [1.54, 1.807) is 0 Å². The molecule has 0 radical (unpaired) electrons. The normalized spacial score (nSPS) is 11.5. The summed E-state index contributed by atoms with van der Waals surface area (Å²) in [5, 5.41) is 7.08. The SMILES string of the molecule is Bc1c(B)c(N(c2ccc(-c3cccc4oc5c6ccccc6ccc5c34)cc2)c2cccc(-c3cccc4ccccc34)c2)c(B)c(B)c1-c1ccc(-c2ccccc2)cc1. The second kappa shape index (κ2) is 15.2. The molecule has 11 aromatic rings. The first kappa shape index (κ1) is 37.6. The minimum atomic E-state index is 0.900. The molecule has 0 aliphatic rings. The summed E-state index contributed by atoms with van der Waals surface area (Å²) in [6, 6.07) is 72.5. The summed E-state index contributed by atoms with van der Waals surface area (Å²) < 4.78 is 6.59. The number of anilines is 3. The standard InChI is InChI=1S/C56H41B4NO/c57-51-49(39-25-23-35(24-26-39)34-11-2-1-3-12-34)52(58)54(60)55(53(51)59)61(42-17-8-16-40(33-42)44-20-9-15-36-13-4-6-18-43(36)44)41-30-27-38(28-31-41)45-21-10-22-48-50(45)47-32-29-37-14-5-7-19-46(37)56(47)62-48/h1-33H,57-60H2. The Morgan fingerprint density at radius 2 is 0.919 bits per heavy atom. The first-order chi connectivity index (χ1) is 30.4. The van der Waals surface area contributed by atoms with Crippen LogP contribution in [0, 0.1) is 0 Å². The molecule has 6 heteroatoms. The lowest BCUT2D eigenvalue weighted by Crippen LogP contribution is -2.46. The quantitative estimate of drug-likeness (QED) is 0.150. The Balaban J connectivity index is 1.07. The zero-order valence-electron chi connectivity index (χ0n) is 35.4. The molecule has 0 unspecified atom stereocenters. The zero-order chi connectivity index (χ0) is 41.9. The molecule has 0 amide bonds. The van der Waals surface area contributed by atoms with E-state index in [0.717, 1.165) is 49.8 Å². The van der Waals surface area contributed by atoms with Crippen molar-refractivity contribution in [1.29, 1.82) is 0 Å². The van der Waals surface area contributed by atoms with E-state index in [-0.39, 0.29) is 0 Å². The van der Waals surface area contributed by atoms with Gasteiger partial charge in [-0.05, 0) is 97.1 Å². The van der Waals surface area contributed by atoms with Crippen LogP contribution in [0.1, 0.15) is 0 Å². The van der Waals surface area contributed by atoms with Gasteiger partial charge in [0, 0.05) is 33.2 Å². The average Bonchev–Trinajstić information content (AvgIpc) is 3.73. The molecule has 0 spiro atoms. The molecule has 1 heterocycles. The molecule has 10 aromatic carbocycles. The number of furan rings is 1. The van der Waals surface area contributed by atoms with Crippen molar-refractivity contribution in [2.75, 3.05) is 4.90 Å². The van der Waals surface area contributed by atoms with Gasteiger partial charge in [-0.1, -0.05) is 186 Å². The number of hydrogen-bond acceptors (Lipinski definition) is 2. The van der Waals surface area contributed by atoms with Crippen LogP contribution in [0.4, 0.5) is 17.1 Å². The second-order valence-corrected chi connectivity index (χ2v) is 16.6.